The van der Waals surface area contributed by atoms with E-state index in [-0.39, 0.29) is 0 Å². The van der Waals surface area contributed by atoms with Crippen LogP contribution in [-0.4, -0.2) is 23.7 Å². The Kier molecular flexibility index (Phi) is 5.47. The molecule has 0 saturated heterocycles. The third-order valence-electron chi connectivity index (χ3n) is 2.80. The maximum atomic E-state index is 12.2. The Balaban J connectivity index is 1.95. The first-order valence-electron chi connectivity index (χ1n) is 6.31. The Morgan fingerprint density at radius 3 is 2.57 bits per heavy atom. The lowest BCUT2D eigenvalue weighted by molar-refractivity contribution is 0.313. The van der Waals surface area contributed by atoms with Crippen molar-refractivity contribution in [3.63, 3.8) is 0 Å². The van der Waals surface area contributed by atoms with Crippen LogP contribution in [0.3, 0.4) is 0 Å². The number of ether oxygens (including phenoxy) is 2. The van der Waals surface area contributed by atoms with Crippen LogP contribution >= 0.6 is 11.6 Å². The summed E-state index contributed by atoms with van der Waals surface area (Å²) in [6.07, 6.45) is 0. The number of benzene rings is 2. The first-order chi connectivity index (χ1) is 10.1. The Morgan fingerprint density at radius 1 is 1.19 bits per heavy atom. The van der Waals surface area contributed by atoms with Gasteiger partial charge in [-0.05, 0) is 30.3 Å². The van der Waals surface area contributed by atoms with E-state index in [1.807, 2.05) is 18.2 Å². The number of rotatable bonds is 6. The van der Waals surface area contributed by atoms with Crippen LogP contribution in [0.2, 0.25) is 5.02 Å². The monoisotopic (exact) mass is 325 g/mol. The SMILES string of the molecule is COc1ccccc1OCCS(=O)c1ccc(N)cc1Cl. The summed E-state index contributed by atoms with van der Waals surface area (Å²) in [6, 6.07) is 12.3. The van der Waals surface area contributed by atoms with E-state index in [1.54, 1.807) is 31.4 Å². The number of hydrogen-bond donors (Lipinski definition) is 1. The molecular weight excluding hydrogens is 310 g/mol. The molecule has 0 saturated carbocycles. The maximum Gasteiger partial charge on any atom is 0.161 e. The predicted octanol–water partition coefficient (Wildman–Crippen LogP) is 3.12. The summed E-state index contributed by atoms with van der Waals surface area (Å²) in [6.45, 7) is 0.299. The average Bonchev–Trinajstić information content (AvgIpc) is 2.47. The van der Waals surface area contributed by atoms with Gasteiger partial charge in [0.05, 0.1) is 33.6 Å². The summed E-state index contributed by atoms with van der Waals surface area (Å²) in [7, 11) is 0.339. The van der Waals surface area contributed by atoms with E-state index < -0.39 is 10.8 Å². The molecule has 4 nitrogen and oxygen atoms in total. The molecule has 2 aromatic rings. The zero-order valence-electron chi connectivity index (χ0n) is 11.5. The molecule has 0 spiro atoms. The van der Waals surface area contributed by atoms with Crippen LogP contribution in [0.15, 0.2) is 47.4 Å². The van der Waals surface area contributed by atoms with E-state index in [4.69, 9.17) is 26.8 Å². The van der Waals surface area contributed by atoms with Gasteiger partial charge in [0, 0.05) is 5.69 Å². The quantitative estimate of drug-likeness (QED) is 0.829. The number of halogens is 1. The molecule has 1 atom stereocenters. The lowest BCUT2D eigenvalue weighted by Crippen LogP contribution is -2.09. The molecule has 0 aromatic heterocycles. The molecule has 0 amide bonds. The minimum absolute atomic E-state index is 0.299. The number of nitrogen functional groups attached to an aromatic ring is 1. The molecule has 1 unspecified atom stereocenters. The van der Waals surface area contributed by atoms with Crippen LogP contribution < -0.4 is 15.2 Å². The highest BCUT2D eigenvalue weighted by atomic mass is 35.5. The maximum absolute atomic E-state index is 12.2. The zero-order chi connectivity index (χ0) is 15.2. The van der Waals surface area contributed by atoms with Gasteiger partial charge in [0.15, 0.2) is 11.5 Å². The Morgan fingerprint density at radius 2 is 1.90 bits per heavy atom. The van der Waals surface area contributed by atoms with Gasteiger partial charge in [0.1, 0.15) is 6.61 Å². The first-order valence-corrected chi connectivity index (χ1v) is 8.00. The molecule has 2 rings (SSSR count). The first kappa shape index (κ1) is 15.7. The van der Waals surface area contributed by atoms with Crippen LogP contribution in [0, 0.1) is 0 Å². The van der Waals surface area contributed by atoms with E-state index in [0.717, 1.165) is 0 Å². The molecule has 0 aliphatic rings. The van der Waals surface area contributed by atoms with E-state index >= 15 is 0 Å². The normalized spacial score (nSPS) is 11.9. The minimum Gasteiger partial charge on any atom is -0.493 e. The molecule has 2 aromatic carbocycles. The molecule has 6 heteroatoms. The summed E-state index contributed by atoms with van der Waals surface area (Å²) in [5, 5.41) is 0.408. The largest absolute Gasteiger partial charge is 0.493 e. The van der Waals surface area contributed by atoms with Gasteiger partial charge in [-0.15, -0.1) is 0 Å². The number of methoxy groups -OCH3 is 1. The summed E-state index contributed by atoms with van der Waals surface area (Å²) >= 11 is 6.03. The van der Waals surface area contributed by atoms with E-state index in [0.29, 0.717) is 39.5 Å². The van der Waals surface area contributed by atoms with Crippen LogP contribution in [0.25, 0.3) is 0 Å². The zero-order valence-corrected chi connectivity index (χ0v) is 13.1. The number of para-hydroxylation sites is 2. The second-order valence-electron chi connectivity index (χ2n) is 4.24. The van der Waals surface area contributed by atoms with Crippen molar-refractivity contribution in [2.24, 2.45) is 0 Å². The van der Waals surface area contributed by atoms with Gasteiger partial charge >= 0.3 is 0 Å². The van der Waals surface area contributed by atoms with Crippen molar-refractivity contribution >= 4 is 28.1 Å². The molecule has 0 aliphatic carbocycles. The van der Waals surface area contributed by atoms with Gasteiger partial charge in [0.2, 0.25) is 0 Å². The topological polar surface area (TPSA) is 61.5 Å². The van der Waals surface area contributed by atoms with Crippen molar-refractivity contribution in [2.45, 2.75) is 4.90 Å². The molecule has 0 radical (unpaired) electrons. The fraction of sp³-hybridized carbons (Fsp3) is 0.200. The minimum atomic E-state index is -1.24. The Labute approximate surface area is 131 Å². The molecule has 0 fully saturated rings. The third kappa shape index (κ3) is 4.12. The molecule has 0 bridgehead atoms. The molecule has 112 valence electrons. The van der Waals surface area contributed by atoms with E-state index in [9.17, 15) is 4.21 Å². The lowest BCUT2D eigenvalue weighted by atomic mass is 10.3. The van der Waals surface area contributed by atoms with Gasteiger partial charge in [-0.1, -0.05) is 23.7 Å². The van der Waals surface area contributed by atoms with E-state index in [1.165, 1.54) is 0 Å². The van der Waals surface area contributed by atoms with Gasteiger partial charge in [-0.3, -0.25) is 4.21 Å². The van der Waals surface area contributed by atoms with Crippen LogP contribution in [0.5, 0.6) is 11.5 Å². The fourth-order valence-electron chi connectivity index (χ4n) is 1.78. The molecular formula is C15H16ClNO3S. The molecule has 21 heavy (non-hydrogen) atoms. The van der Waals surface area contributed by atoms with Crippen molar-refractivity contribution < 1.29 is 13.7 Å². The Hall–Kier alpha value is -1.72. The van der Waals surface area contributed by atoms with Crippen molar-refractivity contribution in [3.8, 4) is 11.5 Å². The van der Waals surface area contributed by atoms with Gasteiger partial charge in [0.25, 0.3) is 0 Å². The smallest absolute Gasteiger partial charge is 0.161 e. The second-order valence-corrected chi connectivity index (χ2v) is 6.19. The standard InChI is InChI=1S/C15H16ClNO3S/c1-19-13-4-2-3-5-14(13)20-8-9-21(18)15-7-6-11(17)10-12(15)16/h2-7,10H,8-9,17H2,1H3. The third-order valence-corrected chi connectivity index (χ3v) is 4.61. The highest BCUT2D eigenvalue weighted by molar-refractivity contribution is 7.85. The van der Waals surface area contributed by atoms with Crippen molar-refractivity contribution in [1.82, 2.24) is 0 Å². The summed E-state index contributed by atoms with van der Waals surface area (Å²) < 4.78 is 23.0. The summed E-state index contributed by atoms with van der Waals surface area (Å²) in [4.78, 5) is 0.564. The van der Waals surface area contributed by atoms with Crippen LogP contribution in [0.1, 0.15) is 0 Å². The summed E-state index contributed by atoms with van der Waals surface area (Å²) in [5.74, 6) is 1.61. The lowest BCUT2D eigenvalue weighted by Gasteiger charge is -2.10. The van der Waals surface area contributed by atoms with Crippen molar-refractivity contribution in [2.75, 3.05) is 25.2 Å². The van der Waals surface area contributed by atoms with Crippen molar-refractivity contribution in [3.05, 3.63) is 47.5 Å². The van der Waals surface area contributed by atoms with Crippen LogP contribution in [0.4, 0.5) is 5.69 Å². The number of nitrogens with two attached hydrogens (primary N) is 1. The predicted molar refractivity (Wildman–Crippen MR) is 85.6 cm³/mol. The number of hydrogen-bond acceptors (Lipinski definition) is 4. The van der Waals surface area contributed by atoms with Crippen LogP contribution in [-0.2, 0) is 10.8 Å². The van der Waals surface area contributed by atoms with Crippen molar-refractivity contribution in [1.29, 1.82) is 0 Å². The summed E-state index contributed by atoms with van der Waals surface area (Å²) in [5.41, 5.74) is 6.16. The second kappa shape index (κ2) is 7.33. The number of anilines is 1. The van der Waals surface area contributed by atoms with Gasteiger partial charge < -0.3 is 15.2 Å². The highest BCUT2D eigenvalue weighted by Crippen LogP contribution is 2.26. The molecule has 0 heterocycles. The van der Waals surface area contributed by atoms with Gasteiger partial charge in [-0.25, -0.2) is 0 Å². The Bertz CT molecular complexity index is 649. The van der Waals surface area contributed by atoms with E-state index in [2.05, 4.69) is 0 Å². The molecule has 2 N–H and O–H groups in total. The fourth-order valence-corrected chi connectivity index (χ4v) is 3.18. The van der Waals surface area contributed by atoms with Gasteiger partial charge in [-0.2, -0.15) is 0 Å². The average molecular weight is 326 g/mol. The highest BCUT2D eigenvalue weighted by Gasteiger charge is 2.10. The molecule has 0 aliphatic heterocycles.